The zero-order valence-electron chi connectivity index (χ0n) is 38.0. The smallest absolute Gasteiger partial charge is 0.238 e. The molecule has 0 spiro atoms. The van der Waals surface area contributed by atoms with E-state index in [1.807, 2.05) is 66.9 Å². The van der Waals surface area contributed by atoms with Crippen LogP contribution in [0.25, 0.3) is 106 Å². The maximum absolute atomic E-state index is 5.28. The van der Waals surface area contributed by atoms with Gasteiger partial charge in [0.25, 0.3) is 0 Å². The molecular formula is C62H44IrN5-. The quantitative estimate of drug-likeness (QED) is 0.156. The first-order chi connectivity index (χ1) is 32.7. The molecule has 327 valence electrons. The topological polar surface area (TPSA) is 56.5 Å². The van der Waals surface area contributed by atoms with E-state index in [1.165, 1.54) is 55.6 Å². The fourth-order valence-corrected chi connectivity index (χ4v) is 10.9. The van der Waals surface area contributed by atoms with Gasteiger partial charge in [-0.05, 0) is 109 Å². The molecular weight excluding hydrogens is 1010 g/mol. The fraction of sp³-hybridized carbons (Fsp3) is 0.0968. The van der Waals surface area contributed by atoms with E-state index in [1.54, 1.807) is 0 Å². The molecule has 2 aliphatic carbocycles. The van der Waals surface area contributed by atoms with Crippen molar-refractivity contribution in [1.29, 1.82) is 0 Å². The molecule has 0 saturated heterocycles. The van der Waals surface area contributed by atoms with Crippen LogP contribution in [0, 0.1) is 6.07 Å². The van der Waals surface area contributed by atoms with E-state index in [0.29, 0.717) is 17.6 Å². The molecule has 0 atom stereocenters. The van der Waals surface area contributed by atoms with Gasteiger partial charge >= 0.3 is 0 Å². The Morgan fingerprint density at radius 1 is 0.412 bits per heavy atom. The van der Waals surface area contributed by atoms with Crippen molar-refractivity contribution in [3.8, 4) is 84.5 Å². The average molecular weight is 1050 g/mol. The molecule has 0 bridgehead atoms. The molecule has 11 aromatic rings. The first-order valence-electron chi connectivity index (χ1n) is 23.0. The molecule has 8 aromatic carbocycles. The Hall–Kier alpha value is -7.63. The van der Waals surface area contributed by atoms with Gasteiger partial charge in [0.1, 0.15) is 0 Å². The zero-order valence-corrected chi connectivity index (χ0v) is 40.4. The van der Waals surface area contributed by atoms with Crippen molar-refractivity contribution in [2.45, 2.75) is 38.5 Å². The standard InChI is InChI=1S/C62H44N5.Ir/c1-61(2)51-23-12-11-22-45(51)48-36-50-49-34-42(27-30-56(49)67(57(50)37-54(48)61)60-65-58(38-16-7-5-8-17-38)64-59(66-60)39-18-9-6-10-19-39)43-25-28-46-47-33-41(26-29-52(47)62(3,4)53(46)35-43)40-20-15-21-44(32-40)55-24-13-14-31-63-55;/h5-20,22-37H,1-4H3;/q-1;. The van der Waals surface area contributed by atoms with Crippen LogP contribution in [0.5, 0.6) is 0 Å². The Balaban J connectivity index is 0.00000480. The Kier molecular flexibility index (Phi) is 9.67. The molecule has 0 fully saturated rings. The molecule has 2 aliphatic rings. The Morgan fingerprint density at radius 3 is 1.72 bits per heavy atom. The monoisotopic (exact) mass is 1050 g/mol. The van der Waals surface area contributed by atoms with Crippen LogP contribution in [0.3, 0.4) is 0 Å². The van der Waals surface area contributed by atoms with Crippen molar-refractivity contribution in [3.63, 3.8) is 0 Å². The number of aromatic nitrogens is 5. The molecule has 1 radical (unpaired) electrons. The molecule has 3 heterocycles. The van der Waals surface area contributed by atoms with Gasteiger partial charge in [-0.3, -0.25) is 4.57 Å². The second-order valence-electron chi connectivity index (χ2n) is 19.0. The number of benzene rings is 8. The van der Waals surface area contributed by atoms with Crippen LogP contribution < -0.4 is 0 Å². The summed E-state index contributed by atoms with van der Waals surface area (Å²) in [6.45, 7) is 9.40. The van der Waals surface area contributed by atoms with E-state index < -0.39 is 0 Å². The van der Waals surface area contributed by atoms with E-state index in [9.17, 15) is 0 Å². The van der Waals surface area contributed by atoms with Crippen LogP contribution in [-0.2, 0) is 30.9 Å². The number of hydrogen-bond donors (Lipinski definition) is 0. The summed E-state index contributed by atoms with van der Waals surface area (Å²) in [5, 5.41) is 2.32. The molecule has 68 heavy (non-hydrogen) atoms. The number of fused-ring (bicyclic) bond motifs is 9. The van der Waals surface area contributed by atoms with Gasteiger partial charge in [0, 0.05) is 59.0 Å². The summed E-state index contributed by atoms with van der Waals surface area (Å²) >= 11 is 0. The predicted molar refractivity (Wildman–Crippen MR) is 273 cm³/mol. The summed E-state index contributed by atoms with van der Waals surface area (Å²) < 4.78 is 2.26. The number of rotatable bonds is 6. The summed E-state index contributed by atoms with van der Waals surface area (Å²) in [6, 6.07) is 70.8. The van der Waals surface area contributed by atoms with Crippen molar-refractivity contribution in [2.75, 3.05) is 0 Å². The second-order valence-corrected chi connectivity index (χ2v) is 19.0. The minimum atomic E-state index is -0.187. The van der Waals surface area contributed by atoms with E-state index in [2.05, 4.69) is 171 Å². The van der Waals surface area contributed by atoms with Gasteiger partial charge in [-0.2, -0.15) is 9.97 Å². The third kappa shape index (κ3) is 6.47. The summed E-state index contributed by atoms with van der Waals surface area (Å²) in [7, 11) is 0. The van der Waals surface area contributed by atoms with Crippen LogP contribution in [0.2, 0.25) is 0 Å². The van der Waals surface area contributed by atoms with Gasteiger partial charge in [0.15, 0.2) is 11.6 Å². The van der Waals surface area contributed by atoms with E-state index in [-0.39, 0.29) is 30.9 Å². The maximum atomic E-state index is 5.28. The number of pyridine rings is 1. The largest absolute Gasteiger partial charge is 0.305 e. The van der Waals surface area contributed by atoms with Crippen molar-refractivity contribution >= 4 is 21.8 Å². The Bertz CT molecular complexity index is 3740. The molecule has 0 N–H and O–H groups in total. The van der Waals surface area contributed by atoms with Crippen molar-refractivity contribution in [3.05, 3.63) is 223 Å². The Morgan fingerprint density at radius 2 is 0.985 bits per heavy atom. The summed E-state index contributed by atoms with van der Waals surface area (Å²) in [6.07, 6.45) is 1.83. The summed E-state index contributed by atoms with van der Waals surface area (Å²) in [5.74, 6) is 1.86. The number of nitrogens with zero attached hydrogens (tertiary/aromatic N) is 5. The fourth-order valence-electron chi connectivity index (χ4n) is 10.9. The van der Waals surface area contributed by atoms with E-state index in [0.717, 1.165) is 55.3 Å². The van der Waals surface area contributed by atoms with Gasteiger partial charge in [0.2, 0.25) is 5.95 Å². The van der Waals surface area contributed by atoms with Gasteiger partial charge in [-0.15, -0.1) is 35.4 Å². The molecule has 5 nitrogen and oxygen atoms in total. The molecule has 6 heteroatoms. The third-order valence-electron chi connectivity index (χ3n) is 14.4. The number of hydrogen-bond acceptors (Lipinski definition) is 4. The van der Waals surface area contributed by atoms with Gasteiger partial charge in [-0.1, -0.05) is 155 Å². The molecule has 3 aromatic heterocycles. The first-order valence-corrected chi connectivity index (χ1v) is 23.0. The summed E-state index contributed by atoms with van der Waals surface area (Å²) in [5.41, 5.74) is 20.7. The van der Waals surface area contributed by atoms with E-state index in [4.69, 9.17) is 15.0 Å². The molecule has 13 rings (SSSR count). The minimum absolute atomic E-state index is 0. The van der Waals surface area contributed by atoms with Gasteiger partial charge in [0.05, 0.1) is 11.0 Å². The molecule has 0 amide bonds. The van der Waals surface area contributed by atoms with Crippen molar-refractivity contribution in [2.24, 2.45) is 0 Å². The minimum Gasteiger partial charge on any atom is -0.305 e. The normalized spacial score (nSPS) is 13.7. The molecule has 0 unspecified atom stereocenters. The van der Waals surface area contributed by atoms with Crippen LogP contribution in [0.15, 0.2) is 194 Å². The van der Waals surface area contributed by atoms with Crippen LogP contribution >= 0.6 is 0 Å². The zero-order chi connectivity index (χ0) is 45.0. The SMILES string of the molecule is CC1(C)c2ccc(-c3cc[c-]c(-c4ccccn4)c3)cc2-c2ccc(-c3ccc4c(c3)c3cc5c(cc3n4-c3nc(-c4ccccc4)nc(-c4ccccc4)n3)C(C)(C)c3ccccc3-5)cc21.[Ir]. The molecule has 0 aliphatic heterocycles. The maximum Gasteiger partial charge on any atom is 0.238 e. The van der Waals surface area contributed by atoms with Crippen molar-refractivity contribution in [1.82, 2.24) is 24.5 Å². The van der Waals surface area contributed by atoms with Gasteiger partial charge in [-0.25, -0.2) is 4.98 Å². The van der Waals surface area contributed by atoms with Crippen LogP contribution in [-0.4, -0.2) is 24.5 Å². The summed E-state index contributed by atoms with van der Waals surface area (Å²) in [4.78, 5) is 20.2. The predicted octanol–water partition coefficient (Wildman–Crippen LogP) is 15.1. The first kappa shape index (κ1) is 41.8. The third-order valence-corrected chi connectivity index (χ3v) is 14.4. The molecule has 0 saturated carbocycles. The van der Waals surface area contributed by atoms with Crippen LogP contribution in [0.4, 0.5) is 0 Å². The second kappa shape index (κ2) is 15.7. The Labute approximate surface area is 409 Å². The van der Waals surface area contributed by atoms with Crippen molar-refractivity contribution < 1.29 is 20.1 Å². The van der Waals surface area contributed by atoms with Gasteiger partial charge < -0.3 is 4.98 Å². The van der Waals surface area contributed by atoms with E-state index >= 15 is 0 Å². The van der Waals surface area contributed by atoms with Crippen LogP contribution in [0.1, 0.15) is 49.9 Å². The average Bonchev–Trinajstić information content (AvgIpc) is 3.91.